The molecule has 2 aromatic rings. The third-order valence-corrected chi connectivity index (χ3v) is 2.77. The summed E-state index contributed by atoms with van der Waals surface area (Å²) in [5, 5.41) is 8.23. The smallest absolute Gasteiger partial charge is 0.183 e. The van der Waals surface area contributed by atoms with Gasteiger partial charge >= 0.3 is 0 Å². The summed E-state index contributed by atoms with van der Waals surface area (Å²) in [6, 6.07) is 1.95. The van der Waals surface area contributed by atoms with Gasteiger partial charge in [0, 0.05) is 17.1 Å². The van der Waals surface area contributed by atoms with Crippen molar-refractivity contribution in [3.05, 3.63) is 17.5 Å². The summed E-state index contributed by atoms with van der Waals surface area (Å²) >= 11 is 0. The van der Waals surface area contributed by atoms with E-state index in [0.29, 0.717) is 11.8 Å². The Balaban J connectivity index is 2.69. The van der Waals surface area contributed by atoms with Crippen LogP contribution in [0.25, 0.3) is 11.0 Å². The molecule has 0 bridgehead atoms. The maximum absolute atomic E-state index is 6.08. The first-order valence-corrected chi connectivity index (χ1v) is 5.65. The Morgan fingerprint density at radius 2 is 1.88 bits per heavy atom. The SMILES string of the molecule is CC(C)c1cc(N)c2c(C(C)C)[nH]nc2n1. The molecular formula is C12H18N4. The Hall–Kier alpha value is -1.58. The highest BCUT2D eigenvalue weighted by atomic mass is 15.2. The van der Waals surface area contributed by atoms with E-state index in [4.69, 9.17) is 5.73 Å². The van der Waals surface area contributed by atoms with Crippen molar-refractivity contribution < 1.29 is 0 Å². The normalized spacial score (nSPS) is 11.9. The first kappa shape index (κ1) is 10.9. The van der Waals surface area contributed by atoms with Crippen LogP contribution >= 0.6 is 0 Å². The Morgan fingerprint density at radius 3 is 2.44 bits per heavy atom. The lowest BCUT2D eigenvalue weighted by atomic mass is 10.0. The molecule has 0 unspecified atom stereocenters. The number of aromatic nitrogens is 3. The fourth-order valence-electron chi connectivity index (χ4n) is 1.81. The van der Waals surface area contributed by atoms with Crippen molar-refractivity contribution in [2.75, 3.05) is 5.73 Å². The summed E-state index contributed by atoms with van der Waals surface area (Å²) in [5.41, 5.74) is 9.63. The van der Waals surface area contributed by atoms with Crippen molar-refractivity contribution in [2.24, 2.45) is 0 Å². The van der Waals surface area contributed by atoms with E-state index >= 15 is 0 Å². The van der Waals surface area contributed by atoms with Gasteiger partial charge in [0.15, 0.2) is 5.65 Å². The molecule has 0 saturated carbocycles. The van der Waals surface area contributed by atoms with E-state index in [1.807, 2.05) is 6.07 Å². The molecule has 0 radical (unpaired) electrons. The molecule has 2 heterocycles. The predicted molar refractivity (Wildman–Crippen MR) is 66.5 cm³/mol. The molecule has 0 spiro atoms. The monoisotopic (exact) mass is 218 g/mol. The number of fused-ring (bicyclic) bond motifs is 1. The van der Waals surface area contributed by atoms with Crippen LogP contribution in [0.2, 0.25) is 0 Å². The van der Waals surface area contributed by atoms with E-state index in [0.717, 1.165) is 28.1 Å². The van der Waals surface area contributed by atoms with Crippen molar-refractivity contribution >= 4 is 16.7 Å². The molecular weight excluding hydrogens is 200 g/mol. The average molecular weight is 218 g/mol. The van der Waals surface area contributed by atoms with E-state index in [-0.39, 0.29) is 0 Å². The minimum atomic E-state index is 0.367. The number of aromatic amines is 1. The maximum Gasteiger partial charge on any atom is 0.183 e. The van der Waals surface area contributed by atoms with Crippen LogP contribution < -0.4 is 5.73 Å². The number of hydrogen-bond acceptors (Lipinski definition) is 3. The van der Waals surface area contributed by atoms with Crippen LogP contribution in [0.5, 0.6) is 0 Å². The maximum atomic E-state index is 6.08. The number of nitrogen functional groups attached to an aromatic ring is 1. The summed E-state index contributed by atoms with van der Waals surface area (Å²) in [6.45, 7) is 8.43. The van der Waals surface area contributed by atoms with E-state index in [9.17, 15) is 0 Å². The van der Waals surface area contributed by atoms with Crippen LogP contribution in [0.3, 0.4) is 0 Å². The van der Waals surface area contributed by atoms with Crippen LogP contribution in [-0.4, -0.2) is 15.2 Å². The molecule has 3 N–H and O–H groups in total. The number of pyridine rings is 1. The number of nitrogens with zero attached hydrogens (tertiary/aromatic N) is 2. The summed E-state index contributed by atoms with van der Waals surface area (Å²) in [4.78, 5) is 4.52. The molecule has 2 rings (SSSR count). The van der Waals surface area contributed by atoms with Crippen LogP contribution in [-0.2, 0) is 0 Å². The van der Waals surface area contributed by atoms with Gasteiger partial charge in [0.1, 0.15) is 0 Å². The molecule has 0 atom stereocenters. The third-order valence-electron chi connectivity index (χ3n) is 2.77. The van der Waals surface area contributed by atoms with Crippen molar-refractivity contribution in [2.45, 2.75) is 39.5 Å². The fraction of sp³-hybridized carbons (Fsp3) is 0.500. The van der Waals surface area contributed by atoms with Gasteiger partial charge in [-0.05, 0) is 17.9 Å². The molecule has 0 aliphatic carbocycles. The van der Waals surface area contributed by atoms with Gasteiger partial charge in [-0.1, -0.05) is 27.7 Å². The number of anilines is 1. The minimum absolute atomic E-state index is 0.367. The largest absolute Gasteiger partial charge is 0.398 e. The van der Waals surface area contributed by atoms with Crippen LogP contribution in [0.4, 0.5) is 5.69 Å². The number of nitrogens with one attached hydrogen (secondary N) is 1. The summed E-state index contributed by atoms with van der Waals surface area (Å²) in [6.07, 6.45) is 0. The molecule has 0 aliphatic heterocycles. The highest BCUT2D eigenvalue weighted by molar-refractivity contribution is 5.90. The number of rotatable bonds is 2. The lowest BCUT2D eigenvalue weighted by molar-refractivity contribution is 0.816. The summed E-state index contributed by atoms with van der Waals surface area (Å²) in [5.74, 6) is 0.741. The molecule has 0 amide bonds. The van der Waals surface area contributed by atoms with Crippen molar-refractivity contribution in [1.29, 1.82) is 0 Å². The molecule has 0 saturated heterocycles. The van der Waals surface area contributed by atoms with E-state index in [2.05, 4.69) is 42.9 Å². The molecule has 4 heteroatoms. The Kier molecular flexibility index (Phi) is 2.58. The van der Waals surface area contributed by atoms with Gasteiger partial charge in [-0.15, -0.1) is 0 Å². The topological polar surface area (TPSA) is 67.6 Å². The van der Waals surface area contributed by atoms with E-state index in [1.54, 1.807) is 0 Å². The first-order valence-electron chi connectivity index (χ1n) is 5.65. The lowest BCUT2D eigenvalue weighted by Gasteiger charge is -2.07. The predicted octanol–water partition coefficient (Wildman–Crippen LogP) is 2.79. The van der Waals surface area contributed by atoms with Crippen molar-refractivity contribution in [1.82, 2.24) is 15.2 Å². The lowest BCUT2D eigenvalue weighted by Crippen LogP contribution is -1.98. The zero-order chi connectivity index (χ0) is 11.9. The summed E-state index contributed by atoms with van der Waals surface area (Å²) < 4.78 is 0. The van der Waals surface area contributed by atoms with Crippen LogP contribution in [0.1, 0.15) is 50.9 Å². The molecule has 0 aromatic carbocycles. The standard InChI is InChI=1S/C12H18N4/c1-6(2)9-5-8(13)10-11(7(3)4)15-16-12(10)14-9/h5-7H,1-4H3,(H3,13,14,15,16). The van der Waals surface area contributed by atoms with Gasteiger partial charge in [0.25, 0.3) is 0 Å². The van der Waals surface area contributed by atoms with Gasteiger partial charge in [-0.25, -0.2) is 4.98 Å². The number of nitrogens with two attached hydrogens (primary N) is 1. The highest BCUT2D eigenvalue weighted by Crippen LogP contribution is 2.29. The van der Waals surface area contributed by atoms with E-state index in [1.165, 1.54) is 0 Å². The average Bonchev–Trinajstić information content (AvgIpc) is 2.61. The van der Waals surface area contributed by atoms with Crippen LogP contribution in [0, 0.1) is 0 Å². The Bertz CT molecular complexity index is 511. The van der Waals surface area contributed by atoms with E-state index < -0.39 is 0 Å². The van der Waals surface area contributed by atoms with Gasteiger partial charge < -0.3 is 5.73 Å². The molecule has 0 aliphatic rings. The van der Waals surface area contributed by atoms with Crippen LogP contribution in [0.15, 0.2) is 6.07 Å². The highest BCUT2D eigenvalue weighted by Gasteiger charge is 2.14. The fourth-order valence-corrected chi connectivity index (χ4v) is 1.81. The van der Waals surface area contributed by atoms with Gasteiger partial charge in [-0.3, -0.25) is 5.10 Å². The zero-order valence-electron chi connectivity index (χ0n) is 10.2. The second-order valence-electron chi connectivity index (χ2n) is 4.78. The quantitative estimate of drug-likeness (QED) is 0.814. The second-order valence-corrected chi connectivity index (χ2v) is 4.78. The third kappa shape index (κ3) is 1.64. The van der Waals surface area contributed by atoms with Gasteiger partial charge in [0.05, 0.1) is 5.39 Å². The first-order chi connectivity index (χ1) is 7.50. The second kappa shape index (κ2) is 3.77. The molecule has 4 nitrogen and oxygen atoms in total. The zero-order valence-corrected chi connectivity index (χ0v) is 10.2. The van der Waals surface area contributed by atoms with Crippen molar-refractivity contribution in [3.63, 3.8) is 0 Å². The molecule has 0 fully saturated rings. The Labute approximate surface area is 95.3 Å². The molecule has 2 aromatic heterocycles. The Morgan fingerprint density at radius 1 is 1.19 bits per heavy atom. The van der Waals surface area contributed by atoms with Crippen molar-refractivity contribution in [3.8, 4) is 0 Å². The summed E-state index contributed by atoms with van der Waals surface area (Å²) in [7, 11) is 0. The van der Waals surface area contributed by atoms with Gasteiger partial charge in [-0.2, -0.15) is 5.10 Å². The minimum Gasteiger partial charge on any atom is -0.398 e. The molecule has 86 valence electrons. The molecule has 16 heavy (non-hydrogen) atoms. The van der Waals surface area contributed by atoms with Gasteiger partial charge in [0.2, 0.25) is 0 Å². The number of hydrogen-bond donors (Lipinski definition) is 2. The number of H-pyrrole nitrogens is 1.